The van der Waals surface area contributed by atoms with Gasteiger partial charge in [0.25, 0.3) is 0 Å². The summed E-state index contributed by atoms with van der Waals surface area (Å²) in [6, 6.07) is 17.8. The number of nitrogens with one attached hydrogen (secondary N) is 1. The number of hydrogen-bond acceptors (Lipinski definition) is 5. The van der Waals surface area contributed by atoms with E-state index in [0.29, 0.717) is 16.7 Å². The summed E-state index contributed by atoms with van der Waals surface area (Å²) >= 11 is 1.35. The first-order chi connectivity index (χ1) is 15.1. The van der Waals surface area contributed by atoms with Crippen molar-refractivity contribution in [1.82, 2.24) is 14.8 Å². The Bertz CT molecular complexity index is 1180. The summed E-state index contributed by atoms with van der Waals surface area (Å²) in [6.07, 6.45) is 2.47. The second kappa shape index (κ2) is 9.22. The van der Waals surface area contributed by atoms with Crippen molar-refractivity contribution < 1.29 is 9.21 Å². The standard InChI is InChI=1S/C24H24N4O2S/c1-4-18-8-5-7-17(3)22(18)25-21(29)15-31-24-27-26-23(20-9-6-14-30-20)28(24)19-12-10-16(2)11-13-19/h5-14H,4,15H2,1-3H3,(H,25,29). The van der Waals surface area contributed by atoms with Gasteiger partial charge in [-0.25, -0.2) is 0 Å². The van der Waals surface area contributed by atoms with Crippen LogP contribution in [0.4, 0.5) is 5.69 Å². The molecule has 0 saturated carbocycles. The van der Waals surface area contributed by atoms with E-state index in [0.717, 1.165) is 34.5 Å². The molecule has 31 heavy (non-hydrogen) atoms. The monoisotopic (exact) mass is 432 g/mol. The van der Waals surface area contributed by atoms with E-state index in [4.69, 9.17) is 4.42 Å². The van der Waals surface area contributed by atoms with Crippen molar-refractivity contribution in [3.05, 3.63) is 77.6 Å². The summed E-state index contributed by atoms with van der Waals surface area (Å²) in [7, 11) is 0. The molecule has 0 unspecified atom stereocenters. The molecule has 6 nitrogen and oxygen atoms in total. The Morgan fingerprint density at radius 1 is 1.06 bits per heavy atom. The Hall–Kier alpha value is -3.32. The SMILES string of the molecule is CCc1cccc(C)c1NC(=O)CSc1nnc(-c2ccco2)n1-c1ccc(C)cc1. The third kappa shape index (κ3) is 4.56. The highest BCUT2D eigenvalue weighted by Gasteiger charge is 2.19. The van der Waals surface area contributed by atoms with Crippen LogP contribution in [0.5, 0.6) is 0 Å². The fourth-order valence-electron chi connectivity index (χ4n) is 3.36. The summed E-state index contributed by atoms with van der Waals surface area (Å²) in [5.74, 6) is 1.37. The third-order valence-corrected chi connectivity index (χ3v) is 5.93. The van der Waals surface area contributed by atoms with Crippen molar-refractivity contribution >= 4 is 23.4 Å². The number of hydrogen-bond donors (Lipinski definition) is 1. The summed E-state index contributed by atoms with van der Waals surface area (Å²) in [5, 5.41) is 12.4. The minimum absolute atomic E-state index is 0.0768. The first-order valence-corrected chi connectivity index (χ1v) is 11.1. The molecule has 0 radical (unpaired) electrons. The molecule has 2 heterocycles. The molecule has 2 aromatic heterocycles. The minimum atomic E-state index is -0.0768. The highest BCUT2D eigenvalue weighted by molar-refractivity contribution is 7.99. The number of benzene rings is 2. The van der Waals surface area contributed by atoms with Crippen LogP contribution in [0, 0.1) is 13.8 Å². The van der Waals surface area contributed by atoms with Gasteiger partial charge < -0.3 is 9.73 Å². The molecule has 0 fully saturated rings. The van der Waals surface area contributed by atoms with Gasteiger partial charge in [0.1, 0.15) is 0 Å². The number of aromatic nitrogens is 3. The molecule has 0 spiro atoms. The summed E-state index contributed by atoms with van der Waals surface area (Å²) in [5.41, 5.74) is 5.15. The minimum Gasteiger partial charge on any atom is -0.461 e. The van der Waals surface area contributed by atoms with Gasteiger partial charge in [-0.05, 0) is 55.7 Å². The molecular formula is C24H24N4O2S. The zero-order valence-corrected chi connectivity index (χ0v) is 18.6. The van der Waals surface area contributed by atoms with Crippen LogP contribution in [0.25, 0.3) is 17.3 Å². The van der Waals surface area contributed by atoms with Gasteiger partial charge in [0.2, 0.25) is 11.7 Å². The van der Waals surface area contributed by atoms with E-state index in [-0.39, 0.29) is 11.7 Å². The van der Waals surface area contributed by atoms with Crippen molar-refractivity contribution in [3.8, 4) is 17.3 Å². The molecule has 4 aromatic rings. The predicted molar refractivity (Wildman–Crippen MR) is 124 cm³/mol. The van der Waals surface area contributed by atoms with E-state index >= 15 is 0 Å². The van der Waals surface area contributed by atoms with Gasteiger partial charge in [-0.15, -0.1) is 10.2 Å². The molecule has 1 N–H and O–H groups in total. The van der Waals surface area contributed by atoms with Crippen LogP contribution < -0.4 is 5.32 Å². The fourth-order valence-corrected chi connectivity index (χ4v) is 4.11. The van der Waals surface area contributed by atoms with Gasteiger partial charge in [0.05, 0.1) is 12.0 Å². The molecule has 7 heteroatoms. The molecular weight excluding hydrogens is 408 g/mol. The first-order valence-electron chi connectivity index (χ1n) is 10.1. The lowest BCUT2D eigenvalue weighted by molar-refractivity contribution is -0.113. The number of amides is 1. The van der Waals surface area contributed by atoms with E-state index in [1.807, 2.05) is 73.0 Å². The van der Waals surface area contributed by atoms with E-state index in [1.54, 1.807) is 6.26 Å². The Balaban J connectivity index is 1.58. The van der Waals surface area contributed by atoms with Crippen LogP contribution in [0.2, 0.25) is 0 Å². The highest BCUT2D eigenvalue weighted by atomic mass is 32.2. The number of aryl methyl sites for hydroxylation is 3. The zero-order chi connectivity index (χ0) is 21.8. The van der Waals surface area contributed by atoms with Crippen molar-refractivity contribution in [2.24, 2.45) is 0 Å². The van der Waals surface area contributed by atoms with Crippen molar-refractivity contribution in [2.45, 2.75) is 32.3 Å². The van der Waals surface area contributed by atoms with Gasteiger partial charge >= 0.3 is 0 Å². The maximum Gasteiger partial charge on any atom is 0.234 e. The average molecular weight is 433 g/mol. The molecule has 1 amide bonds. The second-order valence-corrected chi connectivity index (χ2v) is 8.20. The van der Waals surface area contributed by atoms with Crippen molar-refractivity contribution in [2.75, 3.05) is 11.1 Å². The number of carbonyl (C=O) groups is 1. The largest absolute Gasteiger partial charge is 0.461 e. The Kier molecular flexibility index (Phi) is 6.23. The van der Waals surface area contributed by atoms with Gasteiger partial charge in [-0.3, -0.25) is 9.36 Å². The van der Waals surface area contributed by atoms with Crippen LogP contribution in [0.1, 0.15) is 23.6 Å². The van der Waals surface area contributed by atoms with Gasteiger partial charge in [0, 0.05) is 11.4 Å². The Morgan fingerprint density at radius 2 is 1.87 bits per heavy atom. The van der Waals surface area contributed by atoms with Crippen LogP contribution in [0.15, 0.2) is 70.4 Å². The Labute approximate surface area is 185 Å². The quantitative estimate of drug-likeness (QED) is 0.394. The zero-order valence-electron chi connectivity index (χ0n) is 17.8. The number of para-hydroxylation sites is 1. The highest BCUT2D eigenvalue weighted by Crippen LogP contribution is 2.29. The lowest BCUT2D eigenvalue weighted by atomic mass is 10.1. The maximum atomic E-state index is 12.7. The smallest absolute Gasteiger partial charge is 0.234 e. The lowest BCUT2D eigenvalue weighted by Crippen LogP contribution is -2.16. The molecule has 0 bridgehead atoms. The van der Waals surface area contributed by atoms with Crippen molar-refractivity contribution in [1.29, 1.82) is 0 Å². The summed E-state index contributed by atoms with van der Waals surface area (Å²) < 4.78 is 7.47. The fraction of sp³-hybridized carbons (Fsp3) is 0.208. The molecule has 0 aliphatic carbocycles. The van der Waals surface area contributed by atoms with Crippen LogP contribution in [-0.2, 0) is 11.2 Å². The van der Waals surface area contributed by atoms with Crippen LogP contribution in [0.3, 0.4) is 0 Å². The number of anilines is 1. The molecule has 0 aliphatic heterocycles. The number of thioether (sulfide) groups is 1. The topological polar surface area (TPSA) is 73.0 Å². The lowest BCUT2D eigenvalue weighted by Gasteiger charge is -2.13. The number of rotatable bonds is 7. The number of nitrogens with zero attached hydrogens (tertiary/aromatic N) is 3. The van der Waals surface area contributed by atoms with Gasteiger partial charge in [-0.2, -0.15) is 0 Å². The Morgan fingerprint density at radius 3 is 2.58 bits per heavy atom. The molecule has 2 aromatic carbocycles. The molecule has 4 rings (SSSR count). The summed E-state index contributed by atoms with van der Waals surface area (Å²) in [6.45, 7) is 6.13. The van der Waals surface area contributed by atoms with Crippen molar-refractivity contribution in [3.63, 3.8) is 0 Å². The normalized spacial score (nSPS) is 10.9. The number of furan rings is 1. The van der Waals surface area contributed by atoms with Gasteiger partial charge in [-0.1, -0.05) is 54.6 Å². The van der Waals surface area contributed by atoms with Crippen LogP contribution in [-0.4, -0.2) is 26.4 Å². The predicted octanol–water partition coefficient (Wildman–Crippen LogP) is 5.44. The van der Waals surface area contributed by atoms with Crippen LogP contribution >= 0.6 is 11.8 Å². The third-order valence-electron chi connectivity index (χ3n) is 5.00. The van der Waals surface area contributed by atoms with E-state index in [1.165, 1.54) is 11.8 Å². The molecule has 0 atom stereocenters. The second-order valence-electron chi connectivity index (χ2n) is 7.25. The number of carbonyl (C=O) groups excluding carboxylic acids is 1. The van der Waals surface area contributed by atoms with Gasteiger partial charge in [0.15, 0.2) is 10.9 Å². The molecule has 158 valence electrons. The van der Waals surface area contributed by atoms with E-state index in [9.17, 15) is 4.79 Å². The molecule has 0 saturated heterocycles. The first kappa shape index (κ1) is 20.9. The average Bonchev–Trinajstić information content (AvgIpc) is 3.44. The molecule has 0 aliphatic rings. The van der Waals surface area contributed by atoms with E-state index in [2.05, 4.69) is 22.4 Å². The summed E-state index contributed by atoms with van der Waals surface area (Å²) in [4.78, 5) is 12.7. The van der Waals surface area contributed by atoms with E-state index < -0.39 is 0 Å². The maximum absolute atomic E-state index is 12.7.